The summed E-state index contributed by atoms with van der Waals surface area (Å²) in [5.41, 5.74) is 14.2. The molecule has 0 saturated carbocycles. The Bertz CT molecular complexity index is 285. The first-order valence-electron chi connectivity index (χ1n) is 3.89. The van der Waals surface area contributed by atoms with E-state index < -0.39 is 0 Å². The Kier molecular flexibility index (Phi) is 3.81. The lowest BCUT2D eigenvalue weighted by Gasteiger charge is -2.14. The van der Waals surface area contributed by atoms with Crippen LogP contribution in [0.15, 0.2) is 18.2 Å². The van der Waals surface area contributed by atoms with Gasteiger partial charge in [0.15, 0.2) is 0 Å². The standard InChI is InChI=1S/C9H14N2S2/c1-12-9(13-2)7-4-3-6(10)5-8(7)11/h3-5,9H,10-11H2,1-2H3. The van der Waals surface area contributed by atoms with Gasteiger partial charge in [0, 0.05) is 11.4 Å². The second kappa shape index (κ2) is 4.67. The van der Waals surface area contributed by atoms with E-state index in [1.165, 1.54) is 0 Å². The molecule has 1 aromatic carbocycles. The van der Waals surface area contributed by atoms with E-state index in [2.05, 4.69) is 12.5 Å². The van der Waals surface area contributed by atoms with Gasteiger partial charge in [0.05, 0.1) is 4.58 Å². The number of thioether (sulfide) groups is 2. The van der Waals surface area contributed by atoms with Crippen LogP contribution in [0.3, 0.4) is 0 Å². The molecule has 0 amide bonds. The molecule has 4 heteroatoms. The van der Waals surface area contributed by atoms with E-state index in [4.69, 9.17) is 11.5 Å². The summed E-state index contributed by atoms with van der Waals surface area (Å²) in [6.45, 7) is 0. The fourth-order valence-electron chi connectivity index (χ4n) is 1.16. The van der Waals surface area contributed by atoms with Gasteiger partial charge >= 0.3 is 0 Å². The smallest absolute Gasteiger partial charge is 0.0765 e. The van der Waals surface area contributed by atoms with Crippen LogP contribution < -0.4 is 11.5 Å². The van der Waals surface area contributed by atoms with Crippen LogP contribution >= 0.6 is 23.5 Å². The molecule has 0 fully saturated rings. The summed E-state index contributed by atoms with van der Waals surface area (Å²) >= 11 is 3.57. The molecule has 1 rings (SSSR count). The highest BCUT2D eigenvalue weighted by atomic mass is 32.2. The number of nitrogen functional groups attached to an aromatic ring is 2. The summed E-state index contributed by atoms with van der Waals surface area (Å²) in [5.74, 6) is 0. The molecular weight excluding hydrogens is 200 g/mol. The number of benzene rings is 1. The third kappa shape index (κ3) is 2.48. The number of nitrogens with two attached hydrogens (primary N) is 2. The fraction of sp³-hybridized carbons (Fsp3) is 0.333. The van der Waals surface area contributed by atoms with Gasteiger partial charge < -0.3 is 11.5 Å². The zero-order valence-corrected chi connectivity index (χ0v) is 9.41. The van der Waals surface area contributed by atoms with Gasteiger partial charge in [-0.2, -0.15) is 0 Å². The van der Waals surface area contributed by atoms with Gasteiger partial charge in [-0.1, -0.05) is 6.07 Å². The predicted octanol–water partition coefficient (Wildman–Crippen LogP) is 2.58. The van der Waals surface area contributed by atoms with Crippen molar-refractivity contribution in [1.82, 2.24) is 0 Å². The molecule has 1 aromatic rings. The topological polar surface area (TPSA) is 52.0 Å². The monoisotopic (exact) mass is 214 g/mol. The van der Waals surface area contributed by atoms with E-state index in [0.29, 0.717) is 4.58 Å². The van der Waals surface area contributed by atoms with Crippen molar-refractivity contribution in [3.8, 4) is 0 Å². The molecule has 0 aliphatic carbocycles. The third-order valence-electron chi connectivity index (χ3n) is 1.79. The summed E-state index contributed by atoms with van der Waals surface area (Å²) < 4.78 is 0.403. The maximum absolute atomic E-state index is 5.87. The third-order valence-corrected chi connectivity index (χ3v) is 4.31. The molecule has 0 radical (unpaired) electrons. The molecule has 2 nitrogen and oxygen atoms in total. The molecular formula is C9H14N2S2. The average molecular weight is 214 g/mol. The van der Waals surface area contributed by atoms with Gasteiger partial charge in [-0.3, -0.25) is 0 Å². The number of rotatable bonds is 3. The highest BCUT2D eigenvalue weighted by Gasteiger charge is 2.10. The van der Waals surface area contributed by atoms with Crippen LogP contribution in [0.2, 0.25) is 0 Å². The van der Waals surface area contributed by atoms with E-state index in [1.807, 2.05) is 18.2 Å². The highest BCUT2D eigenvalue weighted by Crippen LogP contribution is 2.39. The van der Waals surface area contributed by atoms with Crippen molar-refractivity contribution in [2.75, 3.05) is 24.0 Å². The Balaban J connectivity index is 2.99. The van der Waals surface area contributed by atoms with Crippen molar-refractivity contribution in [2.45, 2.75) is 4.58 Å². The van der Waals surface area contributed by atoms with E-state index in [9.17, 15) is 0 Å². The minimum absolute atomic E-state index is 0.403. The molecule has 0 atom stereocenters. The fourth-order valence-corrected chi connectivity index (χ4v) is 2.87. The van der Waals surface area contributed by atoms with Gasteiger partial charge in [0.2, 0.25) is 0 Å². The van der Waals surface area contributed by atoms with E-state index in [0.717, 1.165) is 16.9 Å². The number of hydrogen-bond donors (Lipinski definition) is 2. The van der Waals surface area contributed by atoms with Crippen LogP contribution in [0.5, 0.6) is 0 Å². The molecule has 4 N–H and O–H groups in total. The van der Waals surface area contributed by atoms with Gasteiger partial charge in [-0.05, 0) is 30.2 Å². The van der Waals surface area contributed by atoms with E-state index in [1.54, 1.807) is 23.5 Å². The van der Waals surface area contributed by atoms with Crippen LogP contribution in [0.25, 0.3) is 0 Å². The average Bonchev–Trinajstić information content (AvgIpc) is 2.10. The summed E-state index contributed by atoms with van der Waals surface area (Å²) in [7, 11) is 0. The summed E-state index contributed by atoms with van der Waals surface area (Å²) in [5, 5.41) is 0. The first kappa shape index (κ1) is 10.6. The Morgan fingerprint density at radius 3 is 2.23 bits per heavy atom. The van der Waals surface area contributed by atoms with Crippen LogP contribution in [0.1, 0.15) is 10.1 Å². The minimum atomic E-state index is 0.403. The lowest BCUT2D eigenvalue weighted by atomic mass is 10.2. The zero-order valence-electron chi connectivity index (χ0n) is 7.78. The Morgan fingerprint density at radius 2 is 1.77 bits per heavy atom. The van der Waals surface area contributed by atoms with Crippen LogP contribution in [-0.4, -0.2) is 12.5 Å². The lowest BCUT2D eigenvalue weighted by molar-refractivity contribution is 1.39. The zero-order chi connectivity index (χ0) is 9.84. The number of hydrogen-bond acceptors (Lipinski definition) is 4. The summed E-state index contributed by atoms with van der Waals surface area (Å²) in [6, 6.07) is 5.71. The molecule has 0 bridgehead atoms. The normalized spacial score (nSPS) is 10.7. The summed E-state index contributed by atoms with van der Waals surface area (Å²) in [4.78, 5) is 0. The maximum Gasteiger partial charge on any atom is 0.0765 e. The molecule has 0 spiro atoms. The van der Waals surface area contributed by atoms with Crippen molar-refractivity contribution in [2.24, 2.45) is 0 Å². The van der Waals surface area contributed by atoms with E-state index >= 15 is 0 Å². The van der Waals surface area contributed by atoms with Gasteiger partial charge in [0.1, 0.15) is 0 Å². The second-order valence-electron chi connectivity index (χ2n) is 2.69. The highest BCUT2D eigenvalue weighted by molar-refractivity contribution is 8.15. The van der Waals surface area contributed by atoms with Crippen LogP contribution in [0, 0.1) is 0 Å². The molecule has 0 unspecified atom stereocenters. The van der Waals surface area contributed by atoms with Gasteiger partial charge in [-0.25, -0.2) is 0 Å². The molecule has 0 heterocycles. The SMILES string of the molecule is CSC(SC)c1ccc(N)cc1N. The quantitative estimate of drug-likeness (QED) is 0.600. The van der Waals surface area contributed by atoms with E-state index in [-0.39, 0.29) is 0 Å². The van der Waals surface area contributed by atoms with Crippen LogP contribution in [-0.2, 0) is 0 Å². The molecule has 0 saturated heterocycles. The van der Waals surface area contributed by atoms with Crippen molar-refractivity contribution in [3.63, 3.8) is 0 Å². The summed E-state index contributed by atoms with van der Waals surface area (Å²) in [6.07, 6.45) is 4.16. The van der Waals surface area contributed by atoms with Crippen molar-refractivity contribution >= 4 is 34.9 Å². The Labute approximate surface area is 87.5 Å². The first-order chi connectivity index (χ1) is 6.19. The predicted molar refractivity (Wildman–Crippen MR) is 65.0 cm³/mol. The first-order valence-corrected chi connectivity index (χ1v) is 6.47. The minimum Gasteiger partial charge on any atom is -0.399 e. The lowest BCUT2D eigenvalue weighted by Crippen LogP contribution is -1.97. The van der Waals surface area contributed by atoms with Crippen molar-refractivity contribution in [3.05, 3.63) is 23.8 Å². The van der Waals surface area contributed by atoms with Gasteiger partial charge in [-0.15, -0.1) is 23.5 Å². The van der Waals surface area contributed by atoms with Crippen LogP contribution in [0.4, 0.5) is 11.4 Å². The molecule has 0 aliphatic rings. The maximum atomic E-state index is 5.87. The Morgan fingerprint density at radius 1 is 1.15 bits per heavy atom. The molecule has 0 aromatic heterocycles. The number of anilines is 2. The molecule has 72 valence electrons. The second-order valence-corrected chi connectivity index (χ2v) is 4.88. The van der Waals surface area contributed by atoms with Crippen molar-refractivity contribution in [1.29, 1.82) is 0 Å². The largest absolute Gasteiger partial charge is 0.399 e. The Hall–Kier alpha value is -0.480. The molecule has 0 aliphatic heterocycles. The molecule has 13 heavy (non-hydrogen) atoms. The van der Waals surface area contributed by atoms with Gasteiger partial charge in [0.25, 0.3) is 0 Å². The van der Waals surface area contributed by atoms with Crippen molar-refractivity contribution < 1.29 is 0 Å².